The normalized spacial score (nSPS) is 10.7. The summed E-state index contributed by atoms with van der Waals surface area (Å²) in [4.78, 5) is 13.5. The molecule has 1 aromatic rings. The Kier molecular flexibility index (Phi) is 5.95. The Balaban J connectivity index is 2.75. The molecule has 3 N–H and O–H groups in total. The maximum Gasteiger partial charge on any atom is 0.233 e. The minimum atomic E-state index is 0.00375. The number of anilines is 1. The minimum Gasteiger partial charge on any atom is -0.398 e. The molecule has 0 heterocycles. The summed E-state index contributed by atoms with van der Waals surface area (Å²) in [7, 11) is 1.64. The zero-order chi connectivity index (χ0) is 13.5. The second-order valence-corrected chi connectivity index (χ2v) is 4.66. The van der Waals surface area contributed by atoms with Gasteiger partial charge in [0.2, 0.25) is 5.91 Å². The molecule has 0 aliphatic rings. The van der Waals surface area contributed by atoms with Crippen LogP contribution in [0.5, 0.6) is 0 Å². The number of nitrogens with one attached hydrogen (secondary N) is 1. The highest BCUT2D eigenvalue weighted by Gasteiger charge is 2.11. The summed E-state index contributed by atoms with van der Waals surface area (Å²) in [5.74, 6) is 0.00375. The van der Waals surface area contributed by atoms with Gasteiger partial charge in [0.05, 0.1) is 6.54 Å². The van der Waals surface area contributed by atoms with E-state index in [1.807, 2.05) is 6.07 Å². The van der Waals surface area contributed by atoms with E-state index in [1.165, 1.54) is 0 Å². The van der Waals surface area contributed by atoms with E-state index in [0.29, 0.717) is 23.8 Å². The molecule has 1 rings (SSSR count). The third-order valence-electron chi connectivity index (χ3n) is 2.68. The minimum absolute atomic E-state index is 0.00375. The van der Waals surface area contributed by atoms with Gasteiger partial charge >= 0.3 is 0 Å². The van der Waals surface area contributed by atoms with Gasteiger partial charge in [0.15, 0.2) is 0 Å². The zero-order valence-corrected chi connectivity index (χ0v) is 11.6. The summed E-state index contributed by atoms with van der Waals surface area (Å²) < 4.78 is 0. The lowest BCUT2D eigenvalue weighted by Crippen LogP contribution is -2.35. The van der Waals surface area contributed by atoms with E-state index < -0.39 is 0 Å². The predicted molar refractivity (Wildman–Crippen MR) is 75.5 cm³/mol. The molecule has 18 heavy (non-hydrogen) atoms. The molecule has 0 fully saturated rings. The number of nitrogens with zero attached hydrogens (tertiary/aromatic N) is 1. The van der Waals surface area contributed by atoms with Crippen molar-refractivity contribution in [2.45, 2.75) is 19.9 Å². The third-order valence-corrected chi connectivity index (χ3v) is 2.92. The standard InChI is InChI=1S/C13H20ClN3O/c1-3-6-17(9-13(18)16-2)8-10-7-11(14)4-5-12(10)15/h4-5,7H,3,6,8-9,15H2,1-2H3,(H,16,18). The molecule has 0 aliphatic carbocycles. The van der Waals surface area contributed by atoms with Crippen LogP contribution >= 0.6 is 11.6 Å². The van der Waals surface area contributed by atoms with Crippen molar-refractivity contribution in [1.29, 1.82) is 0 Å². The van der Waals surface area contributed by atoms with Crippen LogP contribution in [-0.4, -0.2) is 30.9 Å². The van der Waals surface area contributed by atoms with Crippen molar-refractivity contribution in [2.24, 2.45) is 0 Å². The number of hydrogen-bond donors (Lipinski definition) is 2. The topological polar surface area (TPSA) is 58.4 Å². The Morgan fingerprint density at radius 2 is 2.22 bits per heavy atom. The summed E-state index contributed by atoms with van der Waals surface area (Å²) in [6, 6.07) is 5.41. The van der Waals surface area contributed by atoms with Gasteiger partial charge in [-0.2, -0.15) is 0 Å². The number of nitrogen functional groups attached to an aromatic ring is 1. The van der Waals surface area contributed by atoms with Crippen molar-refractivity contribution in [2.75, 3.05) is 25.9 Å². The van der Waals surface area contributed by atoms with Crippen LogP contribution in [0, 0.1) is 0 Å². The molecule has 0 spiro atoms. The number of halogens is 1. The number of nitrogens with two attached hydrogens (primary N) is 1. The van der Waals surface area contributed by atoms with Crippen LogP contribution in [0.2, 0.25) is 5.02 Å². The Morgan fingerprint density at radius 3 is 2.83 bits per heavy atom. The average Bonchev–Trinajstić information content (AvgIpc) is 2.34. The highest BCUT2D eigenvalue weighted by atomic mass is 35.5. The van der Waals surface area contributed by atoms with Crippen LogP contribution < -0.4 is 11.1 Å². The van der Waals surface area contributed by atoms with Gasteiger partial charge in [-0.1, -0.05) is 18.5 Å². The SMILES string of the molecule is CCCN(CC(=O)NC)Cc1cc(Cl)ccc1N. The molecule has 100 valence electrons. The molecule has 0 saturated carbocycles. The lowest BCUT2D eigenvalue weighted by atomic mass is 10.1. The lowest BCUT2D eigenvalue weighted by molar-refractivity contribution is -0.121. The highest BCUT2D eigenvalue weighted by Crippen LogP contribution is 2.19. The van der Waals surface area contributed by atoms with Crippen LogP contribution in [0.25, 0.3) is 0 Å². The fourth-order valence-corrected chi connectivity index (χ4v) is 1.96. The maximum absolute atomic E-state index is 11.4. The fourth-order valence-electron chi connectivity index (χ4n) is 1.76. The molecule has 0 radical (unpaired) electrons. The van der Waals surface area contributed by atoms with E-state index in [0.717, 1.165) is 18.5 Å². The van der Waals surface area contributed by atoms with Crippen LogP contribution in [-0.2, 0) is 11.3 Å². The van der Waals surface area contributed by atoms with Crippen molar-refractivity contribution < 1.29 is 4.79 Å². The Labute approximate surface area is 113 Å². The first kappa shape index (κ1) is 14.8. The van der Waals surface area contributed by atoms with Crippen LogP contribution in [0.4, 0.5) is 5.69 Å². The third kappa shape index (κ3) is 4.55. The van der Waals surface area contributed by atoms with Crippen molar-refractivity contribution in [3.63, 3.8) is 0 Å². The predicted octanol–water partition coefficient (Wildman–Crippen LogP) is 1.88. The monoisotopic (exact) mass is 269 g/mol. The molecular weight excluding hydrogens is 250 g/mol. The summed E-state index contributed by atoms with van der Waals surface area (Å²) in [5, 5.41) is 3.29. The van der Waals surface area contributed by atoms with Crippen LogP contribution in [0.15, 0.2) is 18.2 Å². The molecule has 0 unspecified atom stereocenters. The number of carbonyl (C=O) groups is 1. The molecule has 0 saturated heterocycles. The van der Waals surface area contributed by atoms with E-state index in [1.54, 1.807) is 19.2 Å². The molecule has 0 aromatic heterocycles. The van der Waals surface area contributed by atoms with E-state index in [-0.39, 0.29) is 5.91 Å². The number of amides is 1. The first-order valence-corrected chi connectivity index (χ1v) is 6.41. The van der Waals surface area contributed by atoms with Gasteiger partial charge in [0, 0.05) is 24.3 Å². The number of carbonyl (C=O) groups excluding carboxylic acids is 1. The number of hydrogen-bond acceptors (Lipinski definition) is 3. The molecule has 1 amide bonds. The summed E-state index contributed by atoms with van der Waals surface area (Å²) in [5.41, 5.74) is 7.58. The molecule has 0 aliphatic heterocycles. The highest BCUT2D eigenvalue weighted by molar-refractivity contribution is 6.30. The van der Waals surface area contributed by atoms with Gasteiger partial charge in [0.1, 0.15) is 0 Å². The van der Waals surface area contributed by atoms with Gasteiger partial charge in [-0.15, -0.1) is 0 Å². The Hall–Kier alpha value is -1.26. The first-order valence-electron chi connectivity index (χ1n) is 6.03. The van der Waals surface area contributed by atoms with Crippen LogP contribution in [0.1, 0.15) is 18.9 Å². The Morgan fingerprint density at radius 1 is 1.50 bits per heavy atom. The van der Waals surface area contributed by atoms with E-state index in [2.05, 4.69) is 17.1 Å². The van der Waals surface area contributed by atoms with Crippen molar-refractivity contribution in [1.82, 2.24) is 10.2 Å². The van der Waals surface area contributed by atoms with Gasteiger partial charge in [-0.25, -0.2) is 0 Å². The van der Waals surface area contributed by atoms with Gasteiger partial charge in [0.25, 0.3) is 0 Å². The molecule has 0 atom stereocenters. The Bertz CT molecular complexity index is 409. The second-order valence-electron chi connectivity index (χ2n) is 4.23. The first-order chi connectivity index (χ1) is 8.56. The smallest absolute Gasteiger partial charge is 0.233 e. The van der Waals surface area contributed by atoms with Gasteiger partial charge in [-0.3, -0.25) is 9.69 Å². The molecule has 1 aromatic carbocycles. The lowest BCUT2D eigenvalue weighted by Gasteiger charge is -2.21. The second kappa shape index (κ2) is 7.24. The number of benzene rings is 1. The van der Waals surface area contributed by atoms with Crippen molar-refractivity contribution in [3.8, 4) is 0 Å². The summed E-state index contributed by atoms with van der Waals surface area (Å²) in [6.07, 6.45) is 0.984. The molecular formula is C13H20ClN3O. The summed E-state index contributed by atoms with van der Waals surface area (Å²) in [6.45, 7) is 3.93. The molecule has 0 bridgehead atoms. The average molecular weight is 270 g/mol. The van der Waals surface area contributed by atoms with E-state index >= 15 is 0 Å². The van der Waals surface area contributed by atoms with Crippen molar-refractivity contribution >= 4 is 23.2 Å². The molecule has 4 nitrogen and oxygen atoms in total. The van der Waals surface area contributed by atoms with Gasteiger partial charge < -0.3 is 11.1 Å². The van der Waals surface area contributed by atoms with Crippen molar-refractivity contribution in [3.05, 3.63) is 28.8 Å². The zero-order valence-electron chi connectivity index (χ0n) is 10.9. The number of rotatable bonds is 6. The summed E-state index contributed by atoms with van der Waals surface area (Å²) >= 11 is 5.96. The number of likely N-dealkylation sites (N-methyl/N-ethyl adjacent to an activating group) is 1. The van der Waals surface area contributed by atoms with E-state index in [9.17, 15) is 4.79 Å². The van der Waals surface area contributed by atoms with Crippen LogP contribution in [0.3, 0.4) is 0 Å². The quantitative estimate of drug-likeness (QED) is 0.776. The fraction of sp³-hybridized carbons (Fsp3) is 0.462. The largest absolute Gasteiger partial charge is 0.398 e. The molecule has 5 heteroatoms. The van der Waals surface area contributed by atoms with Gasteiger partial charge in [-0.05, 0) is 36.7 Å². The maximum atomic E-state index is 11.4. The van der Waals surface area contributed by atoms with E-state index in [4.69, 9.17) is 17.3 Å².